The molecule has 0 aliphatic heterocycles. The molecule has 0 atom stereocenters. The molecule has 0 aliphatic rings. The van der Waals surface area contributed by atoms with Gasteiger partial charge in [-0.1, -0.05) is 11.6 Å². The van der Waals surface area contributed by atoms with Crippen molar-refractivity contribution in [3.05, 3.63) is 52.0 Å². The van der Waals surface area contributed by atoms with E-state index in [4.69, 9.17) is 16.3 Å². The minimum Gasteiger partial charge on any atom is -0.496 e. The SMILES string of the molecule is COC(=O)c1ccc(Cl)c(NS(=O)(=O)c2cc(C)c(OC)cc2C)c1. The summed E-state index contributed by atoms with van der Waals surface area (Å²) in [5, 5.41) is 0.166. The number of halogens is 1. The predicted molar refractivity (Wildman–Crippen MR) is 96.1 cm³/mol. The third-order valence-corrected chi connectivity index (χ3v) is 5.45. The van der Waals surface area contributed by atoms with E-state index in [1.54, 1.807) is 19.9 Å². The van der Waals surface area contributed by atoms with E-state index < -0.39 is 16.0 Å². The maximum Gasteiger partial charge on any atom is 0.337 e. The second kappa shape index (κ2) is 7.33. The van der Waals surface area contributed by atoms with Crippen molar-refractivity contribution in [2.24, 2.45) is 0 Å². The average molecular weight is 384 g/mol. The fourth-order valence-corrected chi connectivity index (χ4v) is 3.92. The molecule has 0 heterocycles. The number of anilines is 1. The van der Waals surface area contributed by atoms with Crippen molar-refractivity contribution in [2.75, 3.05) is 18.9 Å². The first-order chi connectivity index (χ1) is 11.7. The lowest BCUT2D eigenvalue weighted by atomic mass is 10.1. The quantitative estimate of drug-likeness (QED) is 0.798. The molecule has 0 aromatic heterocycles. The summed E-state index contributed by atoms with van der Waals surface area (Å²) in [6.45, 7) is 3.42. The molecular formula is C17H18ClNO5S. The Hall–Kier alpha value is -2.25. The molecule has 0 spiro atoms. The molecule has 2 aromatic carbocycles. The smallest absolute Gasteiger partial charge is 0.337 e. The fraction of sp³-hybridized carbons (Fsp3) is 0.235. The lowest BCUT2D eigenvalue weighted by Crippen LogP contribution is -2.15. The topological polar surface area (TPSA) is 81.7 Å². The van der Waals surface area contributed by atoms with Crippen LogP contribution in [0.4, 0.5) is 5.69 Å². The van der Waals surface area contributed by atoms with Crippen LogP contribution in [0.1, 0.15) is 21.5 Å². The Bertz CT molecular complexity index is 925. The van der Waals surface area contributed by atoms with Crippen molar-refractivity contribution < 1.29 is 22.7 Å². The molecule has 0 saturated carbocycles. The first kappa shape index (κ1) is 19.1. The number of nitrogens with one attached hydrogen (secondary N) is 1. The summed E-state index contributed by atoms with van der Waals surface area (Å²) < 4.78 is 37.8. The fourth-order valence-electron chi connectivity index (χ4n) is 2.32. The zero-order valence-electron chi connectivity index (χ0n) is 14.2. The van der Waals surface area contributed by atoms with E-state index in [-0.39, 0.29) is 21.2 Å². The molecule has 0 unspecified atom stereocenters. The number of carbonyl (C=O) groups is 1. The van der Waals surface area contributed by atoms with Crippen LogP contribution in [0.2, 0.25) is 5.02 Å². The van der Waals surface area contributed by atoms with Crippen molar-refractivity contribution in [2.45, 2.75) is 18.7 Å². The van der Waals surface area contributed by atoms with Gasteiger partial charge in [0.05, 0.1) is 35.4 Å². The molecule has 25 heavy (non-hydrogen) atoms. The summed E-state index contributed by atoms with van der Waals surface area (Å²) in [5.74, 6) is 0.00996. The molecular weight excluding hydrogens is 366 g/mol. The van der Waals surface area contributed by atoms with Gasteiger partial charge in [-0.2, -0.15) is 0 Å². The van der Waals surface area contributed by atoms with Gasteiger partial charge in [0.1, 0.15) is 5.75 Å². The lowest BCUT2D eigenvalue weighted by molar-refractivity contribution is 0.0601. The minimum atomic E-state index is -3.91. The van der Waals surface area contributed by atoms with Crippen LogP contribution in [-0.2, 0) is 14.8 Å². The molecule has 0 aliphatic carbocycles. The summed E-state index contributed by atoms with van der Waals surface area (Å²) in [4.78, 5) is 11.7. The third kappa shape index (κ3) is 4.05. The van der Waals surface area contributed by atoms with Crippen LogP contribution in [0, 0.1) is 13.8 Å². The number of esters is 1. The van der Waals surface area contributed by atoms with E-state index >= 15 is 0 Å². The Balaban J connectivity index is 2.46. The van der Waals surface area contributed by atoms with Gasteiger partial charge in [0.2, 0.25) is 0 Å². The Morgan fingerprint density at radius 1 is 1.08 bits per heavy atom. The molecule has 0 saturated heterocycles. The maximum atomic E-state index is 12.8. The molecule has 0 bridgehead atoms. The molecule has 134 valence electrons. The first-order valence-corrected chi connectivity index (χ1v) is 9.11. The largest absolute Gasteiger partial charge is 0.496 e. The summed E-state index contributed by atoms with van der Waals surface area (Å²) in [6.07, 6.45) is 0. The number of ether oxygens (including phenoxy) is 2. The number of benzene rings is 2. The van der Waals surface area contributed by atoms with Crippen molar-refractivity contribution in [3.63, 3.8) is 0 Å². The van der Waals surface area contributed by atoms with Crippen molar-refractivity contribution in [3.8, 4) is 5.75 Å². The van der Waals surface area contributed by atoms with Crippen LogP contribution in [0.25, 0.3) is 0 Å². The number of hydrogen-bond acceptors (Lipinski definition) is 5. The van der Waals surface area contributed by atoms with Crippen LogP contribution in [-0.4, -0.2) is 28.6 Å². The number of carbonyl (C=O) groups excluding carboxylic acids is 1. The van der Waals surface area contributed by atoms with Gasteiger partial charge in [0.25, 0.3) is 10.0 Å². The Labute approximate surface area is 151 Å². The third-order valence-electron chi connectivity index (χ3n) is 3.61. The van der Waals surface area contributed by atoms with E-state index in [9.17, 15) is 13.2 Å². The number of rotatable bonds is 5. The van der Waals surface area contributed by atoms with Crippen molar-refractivity contribution >= 4 is 33.3 Å². The van der Waals surface area contributed by atoms with Gasteiger partial charge in [0.15, 0.2) is 0 Å². The van der Waals surface area contributed by atoms with E-state index in [0.717, 1.165) is 0 Å². The van der Waals surface area contributed by atoms with Gasteiger partial charge < -0.3 is 9.47 Å². The van der Waals surface area contributed by atoms with E-state index in [1.807, 2.05) is 0 Å². The van der Waals surface area contributed by atoms with Crippen LogP contribution >= 0.6 is 11.6 Å². The van der Waals surface area contributed by atoms with E-state index in [2.05, 4.69) is 9.46 Å². The minimum absolute atomic E-state index is 0.0948. The molecule has 8 heteroatoms. The highest BCUT2D eigenvalue weighted by Crippen LogP contribution is 2.30. The van der Waals surface area contributed by atoms with Gasteiger partial charge in [-0.05, 0) is 55.3 Å². The molecule has 0 amide bonds. The predicted octanol–water partition coefficient (Wildman–Crippen LogP) is 3.55. The monoisotopic (exact) mass is 383 g/mol. The van der Waals surface area contributed by atoms with Crippen LogP contribution in [0.3, 0.4) is 0 Å². The molecule has 6 nitrogen and oxygen atoms in total. The molecule has 0 radical (unpaired) electrons. The molecule has 1 N–H and O–H groups in total. The van der Waals surface area contributed by atoms with Crippen molar-refractivity contribution in [1.82, 2.24) is 0 Å². The van der Waals surface area contributed by atoms with Gasteiger partial charge in [-0.15, -0.1) is 0 Å². The zero-order valence-corrected chi connectivity index (χ0v) is 15.8. The highest BCUT2D eigenvalue weighted by Gasteiger charge is 2.21. The highest BCUT2D eigenvalue weighted by molar-refractivity contribution is 7.92. The number of hydrogen-bond donors (Lipinski definition) is 1. The van der Waals surface area contributed by atoms with Gasteiger partial charge in [-0.3, -0.25) is 4.72 Å². The van der Waals surface area contributed by atoms with Gasteiger partial charge in [0, 0.05) is 0 Å². The van der Waals surface area contributed by atoms with Gasteiger partial charge in [-0.25, -0.2) is 13.2 Å². The summed E-state index contributed by atoms with van der Waals surface area (Å²) >= 11 is 6.06. The average Bonchev–Trinajstić information content (AvgIpc) is 2.57. The molecule has 0 fully saturated rings. The Morgan fingerprint density at radius 2 is 1.76 bits per heavy atom. The highest BCUT2D eigenvalue weighted by atomic mass is 35.5. The second-order valence-corrected chi connectivity index (χ2v) is 7.44. The Kier molecular flexibility index (Phi) is 5.59. The normalized spacial score (nSPS) is 11.1. The summed E-state index contributed by atoms with van der Waals surface area (Å²) in [6, 6.07) is 7.38. The van der Waals surface area contributed by atoms with Crippen LogP contribution in [0.5, 0.6) is 5.75 Å². The zero-order chi connectivity index (χ0) is 18.8. The van der Waals surface area contributed by atoms with Crippen molar-refractivity contribution in [1.29, 1.82) is 0 Å². The van der Waals surface area contributed by atoms with E-state index in [1.165, 1.54) is 38.5 Å². The summed E-state index contributed by atoms with van der Waals surface area (Å²) in [5.41, 5.74) is 1.49. The van der Waals surface area contributed by atoms with Gasteiger partial charge >= 0.3 is 5.97 Å². The lowest BCUT2D eigenvalue weighted by Gasteiger charge is -2.14. The standard InChI is InChI=1S/C17H18ClNO5S/c1-10-8-16(11(2)7-15(10)23-3)25(21,22)19-14-9-12(17(20)24-4)5-6-13(14)18/h5-9,19H,1-4H3. The van der Waals surface area contributed by atoms with Crippen LogP contribution < -0.4 is 9.46 Å². The number of aryl methyl sites for hydroxylation is 2. The maximum absolute atomic E-state index is 12.8. The number of sulfonamides is 1. The van der Waals surface area contributed by atoms with Crippen LogP contribution in [0.15, 0.2) is 35.2 Å². The first-order valence-electron chi connectivity index (χ1n) is 7.25. The Morgan fingerprint density at radius 3 is 2.36 bits per heavy atom. The molecule has 2 rings (SSSR count). The molecule has 2 aromatic rings. The van der Waals surface area contributed by atoms with E-state index in [0.29, 0.717) is 16.9 Å². The number of methoxy groups -OCH3 is 2. The second-order valence-electron chi connectivity index (χ2n) is 5.38. The summed E-state index contributed by atoms with van der Waals surface area (Å²) in [7, 11) is -1.14.